The largest absolute Gasteiger partial charge is 0.496 e. The van der Waals surface area contributed by atoms with Crippen LogP contribution >= 0.6 is 12.4 Å². The fraction of sp³-hybridized carbons (Fsp3) is 0.417. The maximum Gasteiger partial charge on any atom is 0.327 e. The van der Waals surface area contributed by atoms with E-state index < -0.39 is 12.0 Å². The molecule has 0 aromatic heterocycles. The predicted octanol–water partition coefficient (Wildman–Crippen LogP) is 1.69. The number of benzene rings is 1. The molecule has 18 heavy (non-hydrogen) atoms. The van der Waals surface area contributed by atoms with E-state index in [1.54, 1.807) is 25.1 Å². The van der Waals surface area contributed by atoms with E-state index in [4.69, 9.17) is 19.9 Å². The first kappa shape index (κ1) is 16.5. The second kappa shape index (κ2) is 7.79. The van der Waals surface area contributed by atoms with Gasteiger partial charge in [0.15, 0.2) is 0 Å². The summed E-state index contributed by atoms with van der Waals surface area (Å²) in [6, 6.07) is 4.29. The number of ether oxygens (including phenoxy) is 3. The van der Waals surface area contributed by atoms with Gasteiger partial charge in [-0.15, -0.1) is 12.4 Å². The van der Waals surface area contributed by atoms with Gasteiger partial charge in [-0.05, 0) is 19.1 Å². The highest BCUT2D eigenvalue weighted by Gasteiger charge is 2.24. The maximum absolute atomic E-state index is 11.6. The fourth-order valence-corrected chi connectivity index (χ4v) is 1.54. The lowest BCUT2D eigenvalue weighted by molar-refractivity contribution is -0.144. The van der Waals surface area contributed by atoms with Crippen molar-refractivity contribution in [2.45, 2.75) is 13.0 Å². The van der Waals surface area contributed by atoms with E-state index >= 15 is 0 Å². The van der Waals surface area contributed by atoms with E-state index in [-0.39, 0.29) is 19.0 Å². The first-order valence-electron chi connectivity index (χ1n) is 5.28. The van der Waals surface area contributed by atoms with Gasteiger partial charge >= 0.3 is 5.97 Å². The highest BCUT2D eigenvalue weighted by atomic mass is 35.5. The Morgan fingerprint density at radius 2 is 1.78 bits per heavy atom. The molecule has 0 aliphatic rings. The molecular formula is C12H18ClNO4. The summed E-state index contributed by atoms with van der Waals surface area (Å²) < 4.78 is 15.2. The first-order valence-corrected chi connectivity index (χ1v) is 5.28. The van der Waals surface area contributed by atoms with Gasteiger partial charge < -0.3 is 19.9 Å². The van der Waals surface area contributed by atoms with Crippen LogP contribution in [0, 0.1) is 0 Å². The third kappa shape index (κ3) is 3.51. The molecule has 0 bridgehead atoms. The van der Waals surface area contributed by atoms with Crippen molar-refractivity contribution in [3.05, 3.63) is 23.8 Å². The number of carbonyl (C=O) groups is 1. The molecule has 2 N–H and O–H groups in total. The molecule has 6 heteroatoms. The normalized spacial score (nSPS) is 11.1. The minimum atomic E-state index is -0.916. The van der Waals surface area contributed by atoms with Crippen molar-refractivity contribution in [3.63, 3.8) is 0 Å². The van der Waals surface area contributed by atoms with Crippen molar-refractivity contribution in [2.24, 2.45) is 5.73 Å². The summed E-state index contributed by atoms with van der Waals surface area (Å²) in [5, 5.41) is 0. The molecule has 5 nitrogen and oxygen atoms in total. The summed E-state index contributed by atoms with van der Waals surface area (Å²) in [4.78, 5) is 11.6. The Bertz CT molecular complexity index is 375. The minimum Gasteiger partial charge on any atom is -0.496 e. The minimum absolute atomic E-state index is 0. The van der Waals surface area contributed by atoms with Gasteiger partial charge in [0.25, 0.3) is 0 Å². The number of rotatable bonds is 5. The van der Waals surface area contributed by atoms with Crippen LogP contribution in [0.1, 0.15) is 18.5 Å². The molecule has 0 spiro atoms. The second-order valence-corrected chi connectivity index (χ2v) is 3.31. The van der Waals surface area contributed by atoms with Gasteiger partial charge in [0.1, 0.15) is 17.5 Å². The molecule has 1 aromatic rings. The summed E-state index contributed by atoms with van der Waals surface area (Å²) in [6.45, 7) is 2.01. The number of hydrogen-bond acceptors (Lipinski definition) is 5. The van der Waals surface area contributed by atoms with Crippen LogP contribution in [0.25, 0.3) is 0 Å². The Hall–Kier alpha value is -1.46. The topological polar surface area (TPSA) is 70.8 Å². The predicted molar refractivity (Wildman–Crippen MR) is 70.4 cm³/mol. The van der Waals surface area contributed by atoms with Gasteiger partial charge in [0.05, 0.1) is 26.4 Å². The molecule has 0 saturated carbocycles. The Labute approximate surface area is 113 Å². The smallest absolute Gasteiger partial charge is 0.327 e. The van der Waals surface area contributed by atoms with E-state index in [1.165, 1.54) is 14.2 Å². The van der Waals surface area contributed by atoms with Gasteiger partial charge in [-0.3, -0.25) is 0 Å². The van der Waals surface area contributed by atoms with E-state index in [0.717, 1.165) is 0 Å². The van der Waals surface area contributed by atoms with Crippen molar-refractivity contribution in [1.29, 1.82) is 0 Å². The number of methoxy groups -OCH3 is 2. The third-order valence-electron chi connectivity index (χ3n) is 2.32. The van der Waals surface area contributed by atoms with Crippen LogP contribution in [-0.4, -0.2) is 26.8 Å². The second-order valence-electron chi connectivity index (χ2n) is 3.31. The molecule has 0 heterocycles. The van der Waals surface area contributed by atoms with Gasteiger partial charge in [0, 0.05) is 0 Å². The first-order chi connectivity index (χ1) is 8.15. The molecule has 1 atom stereocenters. The molecule has 0 aliphatic carbocycles. The highest BCUT2D eigenvalue weighted by molar-refractivity contribution is 5.85. The van der Waals surface area contributed by atoms with Crippen molar-refractivity contribution in [1.82, 2.24) is 0 Å². The zero-order valence-electron chi connectivity index (χ0n) is 10.6. The lowest BCUT2D eigenvalue weighted by atomic mass is 10.1. The number of halogens is 1. The van der Waals surface area contributed by atoms with E-state index in [1.807, 2.05) is 0 Å². The Kier molecular flexibility index (Phi) is 7.16. The fourth-order valence-electron chi connectivity index (χ4n) is 1.54. The van der Waals surface area contributed by atoms with Gasteiger partial charge in [0.2, 0.25) is 0 Å². The van der Waals surface area contributed by atoms with Crippen molar-refractivity contribution >= 4 is 18.4 Å². The number of carbonyl (C=O) groups excluding carboxylic acids is 1. The molecule has 0 amide bonds. The molecule has 102 valence electrons. The molecular weight excluding hydrogens is 258 g/mol. The Balaban J connectivity index is 0.00000289. The average molecular weight is 276 g/mol. The summed E-state index contributed by atoms with van der Waals surface area (Å²) in [7, 11) is 3.02. The number of esters is 1. The van der Waals surface area contributed by atoms with Crippen LogP contribution in [0.2, 0.25) is 0 Å². The van der Waals surface area contributed by atoms with Crippen molar-refractivity contribution < 1.29 is 19.0 Å². The standard InChI is InChI=1S/C12H17NO4.ClH/c1-4-17-12(14)11(13)10-8(15-2)6-5-7-9(10)16-3;/h5-7,11H,4,13H2,1-3H3;1H. The van der Waals surface area contributed by atoms with Crippen LogP contribution < -0.4 is 15.2 Å². The highest BCUT2D eigenvalue weighted by Crippen LogP contribution is 2.33. The van der Waals surface area contributed by atoms with E-state index in [2.05, 4.69) is 0 Å². The monoisotopic (exact) mass is 275 g/mol. The molecule has 1 unspecified atom stereocenters. The van der Waals surface area contributed by atoms with Crippen molar-refractivity contribution in [2.75, 3.05) is 20.8 Å². The Morgan fingerprint density at radius 1 is 1.28 bits per heavy atom. The molecule has 0 saturated heterocycles. The van der Waals surface area contributed by atoms with E-state index in [0.29, 0.717) is 17.1 Å². The molecule has 1 aromatic carbocycles. The van der Waals surface area contributed by atoms with Crippen LogP contribution in [0.5, 0.6) is 11.5 Å². The summed E-state index contributed by atoms with van der Waals surface area (Å²) in [5.74, 6) is 0.505. The van der Waals surface area contributed by atoms with Crippen LogP contribution in [0.15, 0.2) is 18.2 Å². The summed E-state index contributed by atoms with van der Waals surface area (Å²) in [5.41, 5.74) is 6.34. The van der Waals surface area contributed by atoms with Crippen LogP contribution in [-0.2, 0) is 9.53 Å². The van der Waals surface area contributed by atoms with Crippen molar-refractivity contribution in [3.8, 4) is 11.5 Å². The zero-order valence-corrected chi connectivity index (χ0v) is 11.5. The SMILES string of the molecule is CCOC(=O)C(N)c1c(OC)cccc1OC.Cl. The molecule has 1 rings (SSSR count). The average Bonchev–Trinajstić information content (AvgIpc) is 2.37. The van der Waals surface area contributed by atoms with E-state index in [9.17, 15) is 4.79 Å². The lowest BCUT2D eigenvalue weighted by Crippen LogP contribution is -2.24. The quantitative estimate of drug-likeness (QED) is 0.828. The summed E-state index contributed by atoms with van der Waals surface area (Å²) >= 11 is 0. The Morgan fingerprint density at radius 3 is 2.17 bits per heavy atom. The maximum atomic E-state index is 11.6. The molecule has 0 radical (unpaired) electrons. The summed E-state index contributed by atoms with van der Waals surface area (Å²) in [6.07, 6.45) is 0. The number of hydrogen-bond donors (Lipinski definition) is 1. The van der Waals surface area contributed by atoms with Gasteiger partial charge in [-0.2, -0.15) is 0 Å². The van der Waals surface area contributed by atoms with Crippen LogP contribution in [0.4, 0.5) is 0 Å². The zero-order chi connectivity index (χ0) is 12.8. The van der Waals surface area contributed by atoms with Gasteiger partial charge in [-0.1, -0.05) is 6.07 Å². The molecule has 0 fully saturated rings. The third-order valence-corrected chi connectivity index (χ3v) is 2.32. The lowest BCUT2D eigenvalue weighted by Gasteiger charge is -2.17. The number of nitrogens with two attached hydrogens (primary N) is 1. The van der Waals surface area contributed by atoms with Crippen LogP contribution in [0.3, 0.4) is 0 Å². The molecule has 0 aliphatic heterocycles. The van der Waals surface area contributed by atoms with Gasteiger partial charge in [-0.25, -0.2) is 4.79 Å².